The molecule has 2 N–H and O–H groups in total. The highest BCUT2D eigenvalue weighted by Crippen LogP contribution is 2.34. The number of aromatic nitrogens is 2. The largest absolute Gasteiger partial charge is 0.481 e. The highest BCUT2D eigenvalue weighted by Gasteiger charge is 2.42. The van der Waals surface area contributed by atoms with E-state index in [1.165, 1.54) is 0 Å². The molecule has 0 bridgehead atoms. The van der Waals surface area contributed by atoms with Gasteiger partial charge in [-0.05, 0) is 42.2 Å². The van der Waals surface area contributed by atoms with Crippen molar-refractivity contribution < 1.29 is 9.90 Å². The van der Waals surface area contributed by atoms with E-state index in [-0.39, 0.29) is 0 Å². The lowest BCUT2D eigenvalue weighted by atomic mass is 9.82. The number of aliphatic carboxylic acids is 1. The Morgan fingerprint density at radius 1 is 1.58 bits per heavy atom. The van der Waals surface area contributed by atoms with Gasteiger partial charge >= 0.3 is 5.97 Å². The van der Waals surface area contributed by atoms with Gasteiger partial charge in [0.25, 0.3) is 0 Å². The van der Waals surface area contributed by atoms with Crippen LogP contribution in [-0.4, -0.2) is 33.9 Å². The molecular weight excluding hydrogens is 310 g/mol. The third kappa shape index (κ3) is 2.56. The van der Waals surface area contributed by atoms with Crippen molar-refractivity contribution in [1.82, 2.24) is 15.1 Å². The Morgan fingerprint density at radius 2 is 2.32 bits per heavy atom. The zero-order chi connectivity index (χ0) is 14.0. The second kappa shape index (κ2) is 5.63. The van der Waals surface area contributed by atoms with E-state index in [0.29, 0.717) is 19.4 Å². The van der Waals surface area contributed by atoms with Crippen LogP contribution in [0, 0.1) is 5.41 Å². The fourth-order valence-electron chi connectivity index (χ4n) is 2.66. The van der Waals surface area contributed by atoms with Crippen molar-refractivity contribution in [1.29, 1.82) is 0 Å². The first-order chi connectivity index (χ1) is 9.04. The van der Waals surface area contributed by atoms with Gasteiger partial charge in [-0.3, -0.25) is 9.48 Å². The van der Waals surface area contributed by atoms with Crippen molar-refractivity contribution in [3.8, 4) is 0 Å². The zero-order valence-electron chi connectivity index (χ0n) is 11.4. The molecule has 0 radical (unpaired) electrons. The molecule has 0 aromatic carbocycles. The van der Waals surface area contributed by atoms with Crippen molar-refractivity contribution in [3.63, 3.8) is 0 Å². The number of hydrogen-bond donors (Lipinski definition) is 2. The molecule has 0 saturated carbocycles. The van der Waals surface area contributed by atoms with Gasteiger partial charge in [-0.15, -0.1) is 0 Å². The molecule has 1 aliphatic rings. The van der Waals surface area contributed by atoms with E-state index >= 15 is 0 Å². The normalized spacial score (nSPS) is 22.9. The Balaban J connectivity index is 2.36. The second-order valence-electron chi connectivity index (χ2n) is 5.07. The van der Waals surface area contributed by atoms with Crippen LogP contribution in [0.1, 0.15) is 31.7 Å². The van der Waals surface area contributed by atoms with Crippen LogP contribution < -0.4 is 5.32 Å². The topological polar surface area (TPSA) is 67.2 Å². The molecule has 1 unspecified atom stereocenters. The summed E-state index contributed by atoms with van der Waals surface area (Å²) in [5.41, 5.74) is 1.31. The number of rotatable bonds is 5. The van der Waals surface area contributed by atoms with Crippen LogP contribution in [0.2, 0.25) is 0 Å². The predicted molar refractivity (Wildman–Crippen MR) is 76.2 cm³/mol. The average Bonchev–Trinajstić information content (AvgIpc) is 2.97. The molecule has 1 fully saturated rings. The van der Waals surface area contributed by atoms with Crippen LogP contribution in [-0.2, 0) is 24.2 Å². The van der Waals surface area contributed by atoms with Gasteiger partial charge in [0.1, 0.15) is 0 Å². The first-order valence-electron chi connectivity index (χ1n) is 6.72. The molecule has 1 aliphatic heterocycles. The maximum absolute atomic E-state index is 11.6. The van der Waals surface area contributed by atoms with Crippen LogP contribution in [0.3, 0.4) is 0 Å². The van der Waals surface area contributed by atoms with E-state index in [2.05, 4.69) is 33.3 Å². The monoisotopic (exact) mass is 329 g/mol. The average molecular weight is 330 g/mol. The van der Waals surface area contributed by atoms with Crippen LogP contribution in [0.4, 0.5) is 0 Å². The minimum atomic E-state index is -0.716. The van der Waals surface area contributed by atoms with Gasteiger partial charge in [0.15, 0.2) is 0 Å². The van der Waals surface area contributed by atoms with Crippen molar-refractivity contribution in [2.45, 2.75) is 39.7 Å². The highest BCUT2D eigenvalue weighted by molar-refractivity contribution is 9.10. The fraction of sp³-hybridized carbons (Fsp3) is 0.692. The molecule has 0 spiro atoms. The molecule has 0 aliphatic carbocycles. The second-order valence-corrected chi connectivity index (χ2v) is 5.86. The fourth-order valence-corrected chi connectivity index (χ4v) is 3.36. The van der Waals surface area contributed by atoms with Gasteiger partial charge in [0.2, 0.25) is 0 Å². The highest BCUT2D eigenvalue weighted by atomic mass is 79.9. The number of hydrogen-bond acceptors (Lipinski definition) is 3. The van der Waals surface area contributed by atoms with E-state index < -0.39 is 11.4 Å². The van der Waals surface area contributed by atoms with Crippen LogP contribution in [0.15, 0.2) is 4.47 Å². The summed E-state index contributed by atoms with van der Waals surface area (Å²) in [6.07, 6.45) is 2.04. The molecular formula is C13H20BrN3O2. The van der Waals surface area contributed by atoms with Crippen molar-refractivity contribution in [2.24, 2.45) is 5.41 Å². The minimum Gasteiger partial charge on any atom is -0.481 e. The molecule has 1 saturated heterocycles. The number of nitrogens with one attached hydrogen (secondary N) is 1. The summed E-state index contributed by atoms with van der Waals surface area (Å²) in [6.45, 7) is 6.15. The molecule has 1 aromatic rings. The standard InChI is InChI=1S/C13H20BrN3O2/c1-3-9-11(14)10(17(4-2)16-9)7-13(12(18)19)5-6-15-8-13/h15H,3-8H2,1-2H3,(H,18,19). The summed E-state index contributed by atoms with van der Waals surface area (Å²) in [7, 11) is 0. The molecule has 2 rings (SSSR count). The zero-order valence-corrected chi connectivity index (χ0v) is 13.0. The Morgan fingerprint density at radius 3 is 2.79 bits per heavy atom. The van der Waals surface area contributed by atoms with Crippen molar-refractivity contribution in [2.75, 3.05) is 13.1 Å². The molecule has 106 valence electrons. The SMILES string of the molecule is CCc1nn(CC)c(CC2(C(=O)O)CCNC2)c1Br. The number of halogens is 1. The lowest BCUT2D eigenvalue weighted by molar-refractivity contribution is -0.147. The predicted octanol–water partition coefficient (Wildman–Crippen LogP) is 1.83. The van der Waals surface area contributed by atoms with E-state index in [1.54, 1.807) is 0 Å². The summed E-state index contributed by atoms with van der Waals surface area (Å²) in [5.74, 6) is -0.716. The third-order valence-electron chi connectivity index (χ3n) is 3.90. The van der Waals surface area contributed by atoms with E-state index in [9.17, 15) is 9.90 Å². The number of carbonyl (C=O) groups is 1. The summed E-state index contributed by atoms with van der Waals surface area (Å²) >= 11 is 3.59. The molecule has 1 atom stereocenters. The van der Waals surface area contributed by atoms with E-state index in [0.717, 1.165) is 35.4 Å². The van der Waals surface area contributed by atoms with Gasteiger partial charge in [-0.1, -0.05) is 6.92 Å². The Kier molecular flexibility index (Phi) is 4.30. The summed E-state index contributed by atoms with van der Waals surface area (Å²) in [5, 5.41) is 17.3. The molecule has 6 heteroatoms. The van der Waals surface area contributed by atoms with Crippen LogP contribution >= 0.6 is 15.9 Å². The number of aryl methyl sites for hydroxylation is 2. The van der Waals surface area contributed by atoms with E-state index in [4.69, 9.17) is 0 Å². The van der Waals surface area contributed by atoms with Gasteiger partial charge in [0.05, 0.1) is 21.3 Å². The van der Waals surface area contributed by atoms with Gasteiger partial charge in [-0.2, -0.15) is 5.10 Å². The smallest absolute Gasteiger partial charge is 0.311 e. The molecule has 0 amide bonds. The first-order valence-corrected chi connectivity index (χ1v) is 7.51. The molecule has 2 heterocycles. The van der Waals surface area contributed by atoms with Gasteiger partial charge in [-0.25, -0.2) is 0 Å². The van der Waals surface area contributed by atoms with Gasteiger partial charge in [0, 0.05) is 19.5 Å². The number of nitrogens with zero attached hydrogens (tertiary/aromatic N) is 2. The number of carboxylic acid groups (broad SMARTS) is 1. The minimum absolute atomic E-state index is 0.525. The Bertz CT molecular complexity index is 478. The Labute approximate surface area is 121 Å². The molecule has 19 heavy (non-hydrogen) atoms. The van der Waals surface area contributed by atoms with Crippen LogP contribution in [0.25, 0.3) is 0 Å². The summed E-state index contributed by atoms with van der Waals surface area (Å²) < 4.78 is 2.90. The third-order valence-corrected chi connectivity index (χ3v) is 4.81. The van der Waals surface area contributed by atoms with Gasteiger partial charge < -0.3 is 10.4 Å². The maximum Gasteiger partial charge on any atom is 0.311 e. The summed E-state index contributed by atoms with van der Waals surface area (Å²) in [6, 6.07) is 0. The van der Waals surface area contributed by atoms with E-state index in [1.807, 2.05) is 11.6 Å². The molecule has 5 nitrogen and oxygen atoms in total. The first kappa shape index (κ1) is 14.5. The number of carboxylic acids is 1. The van der Waals surface area contributed by atoms with Crippen molar-refractivity contribution in [3.05, 3.63) is 15.9 Å². The van der Waals surface area contributed by atoms with Crippen molar-refractivity contribution >= 4 is 21.9 Å². The van der Waals surface area contributed by atoms with Crippen LogP contribution in [0.5, 0.6) is 0 Å². The lowest BCUT2D eigenvalue weighted by Crippen LogP contribution is -2.36. The quantitative estimate of drug-likeness (QED) is 0.864. The maximum atomic E-state index is 11.6. The molecule has 1 aromatic heterocycles. The lowest BCUT2D eigenvalue weighted by Gasteiger charge is -2.23. The summed E-state index contributed by atoms with van der Waals surface area (Å²) in [4.78, 5) is 11.6. The Hall–Kier alpha value is -0.880.